The van der Waals surface area contributed by atoms with Crippen LogP contribution in [0.1, 0.15) is 73.7 Å². The van der Waals surface area contributed by atoms with Crippen LogP contribution in [0.5, 0.6) is 0 Å². The molecule has 2 fully saturated rings. The van der Waals surface area contributed by atoms with E-state index in [2.05, 4.69) is 21.3 Å². The van der Waals surface area contributed by atoms with Crippen molar-refractivity contribution in [3.05, 3.63) is 102 Å². The summed E-state index contributed by atoms with van der Waals surface area (Å²) in [4.78, 5) is 26.8. The number of carbonyl (C=O) groups is 2. The summed E-state index contributed by atoms with van der Waals surface area (Å²) in [6.07, 6.45) is 3.08. The molecular weight excluding hydrogens is 529 g/mol. The number of amides is 4. The van der Waals surface area contributed by atoms with Crippen LogP contribution in [-0.2, 0) is 6.18 Å². The molecule has 4 amide bonds. The Morgan fingerprint density at radius 2 is 1.24 bits per heavy atom. The zero-order valence-electron chi connectivity index (χ0n) is 22.7. The highest BCUT2D eigenvalue weighted by atomic mass is 19.4. The Labute approximate surface area is 238 Å². The summed E-state index contributed by atoms with van der Waals surface area (Å²) in [7, 11) is 0. The lowest BCUT2D eigenvalue weighted by atomic mass is 9.67. The van der Waals surface area contributed by atoms with Crippen molar-refractivity contribution in [3.63, 3.8) is 0 Å². The number of hydrogen-bond acceptors (Lipinski definition) is 2. The predicted octanol–water partition coefficient (Wildman–Crippen LogP) is 7.72. The van der Waals surface area contributed by atoms with E-state index in [1.807, 2.05) is 60.7 Å². The van der Waals surface area contributed by atoms with Crippen molar-refractivity contribution in [1.82, 2.24) is 16.0 Å². The molecule has 3 aromatic rings. The molecule has 216 valence electrons. The third kappa shape index (κ3) is 7.20. The summed E-state index contributed by atoms with van der Waals surface area (Å²) in [5.41, 5.74) is 0.772. The third-order valence-electron chi connectivity index (χ3n) is 8.29. The van der Waals surface area contributed by atoms with Crippen LogP contribution in [0, 0.1) is 5.92 Å². The van der Waals surface area contributed by atoms with Gasteiger partial charge in [-0.25, -0.2) is 9.59 Å². The number of urea groups is 2. The van der Waals surface area contributed by atoms with Gasteiger partial charge in [-0.05, 0) is 60.6 Å². The average molecular weight is 565 g/mol. The molecule has 0 radical (unpaired) electrons. The van der Waals surface area contributed by atoms with Crippen LogP contribution >= 0.6 is 0 Å². The van der Waals surface area contributed by atoms with Crippen LogP contribution in [0.4, 0.5) is 28.4 Å². The first-order valence-corrected chi connectivity index (χ1v) is 14.1. The lowest BCUT2D eigenvalue weighted by Gasteiger charge is -2.46. The van der Waals surface area contributed by atoms with E-state index < -0.39 is 29.9 Å². The Bertz CT molecular complexity index is 1310. The number of fused-ring (bicyclic) bond motifs is 2. The van der Waals surface area contributed by atoms with Gasteiger partial charge in [0.15, 0.2) is 0 Å². The van der Waals surface area contributed by atoms with Gasteiger partial charge in [-0.3, -0.25) is 0 Å². The highest BCUT2D eigenvalue weighted by molar-refractivity contribution is 5.89. The molecule has 0 aliphatic heterocycles. The topological polar surface area (TPSA) is 82.3 Å². The van der Waals surface area contributed by atoms with E-state index in [1.54, 1.807) is 0 Å². The molecule has 4 N–H and O–H groups in total. The van der Waals surface area contributed by atoms with Gasteiger partial charge >= 0.3 is 18.2 Å². The van der Waals surface area contributed by atoms with E-state index in [-0.39, 0.29) is 17.3 Å². The Kier molecular flexibility index (Phi) is 8.52. The minimum Gasteiger partial charge on any atom is -0.333 e. The molecule has 0 saturated heterocycles. The maximum Gasteiger partial charge on any atom is 0.416 e. The maximum atomic E-state index is 13.6. The van der Waals surface area contributed by atoms with Crippen molar-refractivity contribution in [3.8, 4) is 0 Å². The van der Waals surface area contributed by atoms with Crippen LogP contribution in [-0.4, -0.2) is 17.6 Å². The summed E-state index contributed by atoms with van der Waals surface area (Å²) in [5.74, 6) is 0.648. The molecule has 2 saturated carbocycles. The summed E-state index contributed by atoms with van der Waals surface area (Å²) in [6, 6.07) is 20.8. The molecule has 9 heteroatoms. The number of carbonyl (C=O) groups excluding carboxylic acids is 2. The molecule has 2 aliphatic carbocycles. The number of benzene rings is 3. The van der Waals surface area contributed by atoms with Crippen LogP contribution in [0.25, 0.3) is 0 Å². The number of hydrogen-bond donors (Lipinski definition) is 4. The fourth-order valence-corrected chi connectivity index (χ4v) is 6.37. The zero-order chi connectivity index (χ0) is 28.9. The molecule has 6 nitrogen and oxygen atoms in total. The van der Waals surface area contributed by atoms with Gasteiger partial charge in [0.05, 0.1) is 17.6 Å². The molecule has 41 heavy (non-hydrogen) atoms. The first-order chi connectivity index (χ1) is 19.7. The smallest absolute Gasteiger partial charge is 0.333 e. The lowest BCUT2D eigenvalue weighted by Crippen LogP contribution is -2.57. The highest BCUT2D eigenvalue weighted by Gasteiger charge is 2.41. The lowest BCUT2D eigenvalue weighted by molar-refractivity contribution is -0.137. The van der Waals surface area contributed by atoms with E-state index in [1.165, 1.54) is 25.0 Å². The van der Waals surface area contributed by atoms with Crippen LogP contribution in [0.15, 0.2) is 84.9 Å². The first-order valence-electron chi connectivity index (χ1n) is 14.1. The fraction of sp³-hybridized carbons (Fsp3) is 0.375. The maximum absolute atomic E-state index is 13.6. The SMILES string of the molecule is O=C(Nc1ccc(C(F)(F)F)cc1)NC(c1ccccc1)C(NC(=O)NC12CCCC(CCC1)C2)c1ccccc1. The number of halogens is 3. The Hall–Kier alpha value is -4.01. The van der Waals surface area contributed by atoms with E-state index in [4.69, 9.17) is 0 Å². The molecule has 0 spiro atoms. The van der Waals surface area contributed by atoms with Gasteiger partial charge < -0.3 is 21.3 Å². The van der Waals surface area contributed by atoms with Gasteiger partial charge in [0.2, 0.25) is 0 Å². The highest BCUT2D eigenvalue weighted by Crippen LogP contribution is 2.43. The van der Waals surface area contributed by atoms with Crippen molar-refractivity contribution in [1.29, 1.82) is 0 Å². The molecule has 2 unspecified atom stereocenters. The van der Waals surface area contributed by atoms with Crippen molar-refractivity contribution in [2.24, 2.45) is 5.92 Å². The van der Waals surface area contributed by atoms with E-state index >= 15 is 0 Å². The monoisotopic (exact) mass is 564 g/mol. The second-order valence-corrected chi connectivity index (χ2v) is 11.2. The molecular formula is C32H35F3N4O2. The van der Waals surface area contributed by atoms with Crippen LogP contribution in [0.2, 0.25) is 0 Å². The van der Waals surface area contributed by atoms with Crippen molar-refractivity contribution in [2.75, 3.05) is 5.32 Å². The number of alkyl halides is 3. The molecule has 2 aliphatic rings. The van der Waals surface area contributed by atoms with Gasteiger partial charge in [-0.2, -0.15) is 13.2 Å². The second kappa shape index (κ2) is 12.2. The Morgan fingerprint density at radius 3 is 1.76 bits per heavy atom. The summed E-state index contributed by atoms with van der Waals surface area (Å²) in [5, 5.41) is 12.1. The van der Waals surface area contributed by atoms with Crippen molar-refractivity contribution in [2.45, 2.75) is 68.7 Å². The van der Waals surface area contributed by atoms with Gasteiger partial charge in [-0.15, -0.1) is 0 Å². The number of anilines is 1. The van der Waals surface area contributed by atoms with Crippen molar-refractivity contribution < 1.29 is 22.8 Å². The summed E-state index contributed by atoms with van der Waals surface area (Å²) >= 11 is 0. The molecule has 0 heterocycles. The molecule has 5 rings (SSSR count). The van der Waals surface area contributed by atoms with Gasteiger partial charge in [0, 0.05) is 11.2 Å². The quantitative estimate of drug-likeness (QED) is 0.237. The van der Waals surface area contributed by atoms with E-state index in [0.717, 1.165) is 55.4 Å². The van der Waals surface area contributed by atoms with Gasteiger partial charge in [0.25, 0.3) is 0 Å². The normalized spacial score (nSPS) is 21.7. The summed E-state index contributed by atoms with van der Waals surface area (Å²) in [6.45, 7) is 0. The Balaban J connectivity index is 1.38. The minimum atomic E-state index is -4.47. The molecule has 2 atom stereocenters. The van der Waals surface area contributed by atoms with Gasteiger partial charge in [0.1, 0.15) is 0 Å². The zero-order valence-corrected chi connectivity index (χ0v) is 22.7. The van der Waals surface area contributed by atoms with Crippen LogP contribution in [0.3, 0.4) is 0 Å². The largest absolute Gasteiger partial charge is 0.416 e. The molecule has 0 aromatic heterocycles. The van der Waals surface area contributed by atoms with E-state index in [0.29, 0.717) is 5.92 Å². The number of rotatable bonds is 7. The average Bonchev–Trinajstić information content (AvgIpc) is 2.95. The van der Waals surface area contributed by atoms with E-state index in [9.17, 15) is 22.8 Å². The van der Waals surface area contributed by atoms with Gasteiger partial charge in [-0.1, -0.05) is 86.3 Å². The fourth-order valence-electron chi connectivity index (χ4n) is 6.37. The van der Waals surface area contributed by atoms with Crippen molar-refractivity contribution >= 4 is 17.7 Å². The van der Waals surface area contributed by atoms with Crippen LogP contribution < -0.4 is 21.3 Å². The second-order valence-electron chi connectivity index (χ2n) is 11.2. The molecule has 2 bridgehead atoms. The predicted molar refractivity (Wildman–Crippen MR) is 152 cm³/mol. The Morgan fingerprint density at radius 1 is 0.732 bits per heavy atom. The third-order valence-corrected chi connectivity index (χ3v) is 8.29. The number of nitrogens with one attached hydrogen (secondary N) is 4. The standard InChI is InChI=1S/C32H35F3N4O2/c33-32(34,35)25-15-17-26(18-16-25)36-29(40)37-27(23-11-3-1-4-12-23)28(24-13-5-2-6-14-24)38-30(41)39-31-19-7-9-22(21-31)10-8-20-31/h1-6,11-18,22,27-28H,7-10,19-21H2,(H2,36,37,40)(H2,38,39,41). The summed E-state index contributed by atoms with van der Waals surface area (Å²) < 4.78 is 38.9. The molecule has 3 aromatic carbocycles. The first kappa shape index (κ1) is 28.5. The minimum absolute atomic E-state index is 0.206.